The summed E-state index contributed by atoms with van der Waals surface area (Å²) in [6.45, 7) is 0.211. The third-order valence-corrected chi connectivity index (χ3v) is 8.55. The standard InChI is InChI=1S/C28H19F5N2O4S2.Na/c29-22-12-17-7-9-19(34-24(17)13-23(22)30)8-5-16-6-10-25-21(11-16)27(20-4-2-1-3-18(20)14-39-25)40-15-26(36)35-41(37,38)28(31,32)33;/h1-13,27H,14-15H2,(H,35,36);/b8-5+;. The van der Waals surface area contributed by atoms with Gasteiger partial charge in [0.1, 0.15) is 12.4 Å². The summed E-state index contributed by atoms with van der Waals surface area (Å²) in [7, 11) is -5.83. The zero-order valence-electron chi connectivity index (χ0n) is 21.8. The third kappa shape index (κ3) is 6.97. The van der Waals surface area contributed by atoms with E-state index >= 15 is 0 Å². The Balaban J connectivity index is 0.00000405. The zero-order valence-corrected chi connectivity index (χ0v) is 25.4. The minimum atomic E-state index is -5.83. The molecule has 0 bridgehead atoms. The summed E-state index contributed by atoms with van der Waals surface area (Å²) in [6, 6.07) is 17.8. The summed E-state index contributed by atoms with van der Waals surface area (Å²) in [5, 5.41) is -0.137. The number of rotatable bonds is 6. The number of carbonyl (C=O) groups is 1. The summed E-state index contributed by atoms with van der Waals surface area (Å²) < 4.78 is 95.1. The van der Waals surface area contributed by atoms with Crippen molar-refractivity contribution in [2.45, 2.75) is 17.4 Å². The minimum absolute atomic E-state index is 0. The van der Waals surface area contributed by atoms with E-state index in [4.69, 9.17) is 4.74 Å². The van der Waals surface area contributed by atoms with Gasteiger partial charge in [0.15, 0.2) is 11.6 Å². The molecule has 1 aromatic heterocycles. The Morgan fingerprint density at radius 1 is 1.00 bits per heavy atom. The molecule has 0 saturated carbocycles. The second-order valence-electron chi connectivity index (χ2n) is 8.98. The van der Waals surface area contributed by atoms with Gasteiger partial charge in [-0.15, -0.1) is 11.8 Å². The van der Waals surface area contributed by atoms with Gasteiger partial charge in [-0.25, -0.2) is 18.5 Å². The van der Waals surface area contributed by atoms with Crippen LogP contribution in [0.25, 0.3) is 23.1 Å². The van der Waals surface area contributed by atoms with E-state index in [1.165, 1.54) is 0 Å². The van der Waals surface area contributed by atoms with Crippen molar-refractivity contribution in [2.24, 2.45) is 0 Å². The molecule has 0 fully saturated rings. The Labute approximate surface area is 263 Å². The van der Waals surface area contributed by atoms with Crippen LogP contribution in [0.1, 0.15) is 33.2 Å². The average Bonchev–Trinajstić information content (AvgIpc) is 3.07. The van der Waals surface area contributed by atoms with Gasteiger partial charge in [0.25, 0.3) is 0 Å². The molecule has 2 heterocycles. The van der Waals surface area contributed by atoms with E-state index in [0.29, 0.717) is 28.0 Å². The van der Waals surface area contributed by atoms with Gasteiger partial charge in [-0.3, -0.25) is 4.79 Å². The molecule has 1 aliphatic heterocycles. The first kappa shape index (κ1) is 32.0. The SMILES string of the molecule is O=C(CSC1c2ccccc2COc2ccc(/C=C/c3ccc4cc(F)c(F)cc4n3)cc21)NS(=O)(=O)C(F)(F)F.[Na]. The maximum atomic E-state index is 13.7. The Kier molecular flexibility index (Phi) is 9.68. The maximum absolute atomic E-state index is 13.7. The molecular weight excluding hydrogens is 610 g/mol. The molecule has 1 unspecified atom stereocenters. The maximum Gasteiger partial charge on any atom is 0.516 e. The number of hydrogen-bond donors (Lipinski definition) is 1. The minimum Gasteiger partial charge on any atom is -0.489 e. The van der Waals surface area contributed by atoms with E-state index in [1.807, 2.05) is 6.07 Å². The number of pyridine rings is 1. The van der Waals surface area contributed by atoms with E-state index < -0.39 is 44.1 Å². The first-order valence-electron chi connectivity index (χ1n) is 11.9. The summed E-state index contributed by atoms with van der Waals surface area (Å²) in [4.78, 5) is 16.6. The molecule has 5 rings (SSSR count). The van der Waals surface area contributed by atoms with Crippen molar-refractivity contribution >= 4 is 80.3 Å². The number of nitrogens with zero attached hydrogens (tertiary/aromatic N) is 1. The number of aromatic nitrogens is 1. The number of ether oxygens (including phenoxy) is 1. The number of fused-ring (bicyclic) bond motifs is 3. The molecule has 6 nitrogen and oxygen atoms in total. The van der Waals surface area contributed by atoms with E-state index in [-0.39, 0.29) is 41.7 Å². The van der Waals surface area contributed by atoms with E-state index in [2.05, 4.69) is 4.98 Å². The number of alkyl halides is 3. The average molecular weight is 630 g/mol. The predicted octanol–water partition coefficient (Wildman–Crippen LogP) is 5.98. The number of benzene rings is 3. The quantitative estimate of drug-likeness (QED) is 0.209. The molecule has 4 aromatic rings. The van der Waals surface area contributed by atoms with Crippen LogP contribution in [0.15, 0.2) is 66.7 Å². The van der Waals surface area contributed by atoms with Crippen molar-refractivity contribution in [3.05, 3.63) is 106 Å². The molecule has 1 atom stereocenters. The number of sulfonamides is 1. The van der Waals surface area contributed by atoms with Gasteiger partial charge in [-0.1, -0.05) is 42.5 Å². The van der Waals surface area contributed by atoms with E-state index in [0.717, 1.165) is 39.7 Å². The van der Waals surface area contributed by atoms with E-state index in [1.54, 1.807) is 60.7 Å². The summed E-state index contributed by atoms with van der Waals surface area (Å²) in [5.74, 6) is -3.38. The van der Waals surface area contributed by atoms with E-state index in [9.17, 15) is 35.2 Å². The number of thioether (sulfide) groups is 1. The van der Waals surface area contributed by atoms with Gasteiger partial charge in [-0.05, 0) is 47.0 Å². The Hall–Kier alpha value is -2.97. The van der Waals surface area contributed by atoms with Crippen LogP contribution < -0.4 is 9.46 Å². The fourth-order valence-electron chi connectivity index (χ4n) is 4.24. The van der Waals surface area contributed by atoms with Crippen molar-refractivity contribution in [3.63, 3.8) is 0 Å². The Morgan fingerprint density at radius 3 is 2.50 bits per heavy atom. The molecular formula is C28H19F5N2NaO4S2. The van der Waals surface area contributed by atoms with Crippen molar-refractivity contribution in [1.82, 2.24) is 9.71 Å². The topological polar surface area (TPSA) is 85.4 Å². The molecule has 1 radical (unpaired) electrons. The first-order chi connectivity index (χ1) is 19.4. The number of halogens is 5. The van der Waals surface area contributed by atoms with Crippen LogP contribution in [0.4, 0.5) is 22.0 Å². The summed E-state index contributed by atoms with van der Waals surface area (Å²) in [6.07, 6.45) is 3.40. The smallest absolute Gasteiger partial charge is 0.489 e. The summed E-state index contributed by atoms with van der Waals surface area (Å²) in [5.41, 5.74) is -1.99. The predicted molar refractivity (Wildman–Crippen MR) is 151 cm³/mol. The molecule has 0 aliphatic carbocycles. The van der Waals surface area contributed by atoms with Gasteiger partial charge >= 0.3 is 15.5 Å². The van der Waals surface area contributed by atoms with Crippen LogP contribution >= 0.6 is 11.8 Å². The van der Waals surface area contributed by atoms with Gasteiger partial charge in [-0.2, -0.15) is 21.6 Å². The van der Waals surface area contributed by atoms with Crippen molar-refractivity contribution in [2.75, 3.05) is 5.75 Å². The molecule has 0 spiro atoms. The van der Waals surface area contributed by atoms with Crippen LogP contribution in [-0.2, 0) is 21.4 Å². The van der Waals surface area contributed by atoms with Gasteiger partial charge < -0.3 is 4.74 Å². The van der Waals surface area contributed by atoms with Crippen LogP contribution in [0.3, 0.4) is 0 Å². The summed E-state index contributed by atoms with van der Waals surface area (Å²) >= 11 is 0.956. The number of amides is 1. The molecule has 0 saturated heterocycles. The largest absolute Gasteiger partial charge is 0.516 e. The number of carbonyl (C=O) groups excluding carboxylic acids is 1. The molecule has 42 heavy (non-hydrogen) atoms. The van der Waals surface area contributed by atoms with Gasteiger partial charge in [0.05, 0.1) is 22.2 Å². The molecule has 1 aliphatic rings. The number of hydrogen-bond acceptors (Lipinski definition) is 6. The van der Waals surface area contributed by atoms with Crippen LogP contribution in [0.2, 0.25) is 0 Å². The first-order valence-corrected chi connectivity index (χ1v) is 14.5. The normalized spacial score (nSPS) is 14.8. The van der Waals surface area contributed by atoms with Gasteiger partial charge in [0.2, 0.25) is 5.91 Å². The Morgan fingerprint density at radius 2 is 1.74 bits per heavy atom. The van der Waals surface area contributed by atoms with Crippen molar-refractivity contribution in [3.8, 4) is 5.75 Å². The molecule has 213 valence electrons. The monoisotopic (exact) mass is 629 g/mol. The van der Waals surface area contributed by atoms with Crippen LogP contribution in [0.5, 0.6) is 5.75 Å². The number of nitrogens with one attached hydrogen (secondary N) is 1. The van der Waals surface area contributed by atoms with Crippen LogP contribution in [-0.4, -0.2) is 60.1 Å². The third-order valence-electron chi connectivity index (χ3n) is 6.17. The molecule has 1 N–H and O–H groups in total. The fourth-order valence-corrected chi connectivity index (χ4v) is 5.98. The van der Waals surface area contributed by atoms with Gasteiger partial charge in [0, 0.05) is 46.6 Å². The molecule has 1 amide bonds. The van der Waals surface area contributed by atoms with Crippen molar-refractivity contribution in [1.29, 1.82) is 0 Å². The molecule has 14 heteroatoms. The second-order valence-corrected chi connectivity index (χ2v) is 11.7. The molecule has 3 aromatic carbocycles. The Bertz CT molecular complexity index is 1800. The zero-order chi connectivity index (χ0) is 29.4. The second kappa shape index (κ2) is 12.7. The fraction of sp³-hybridized carbons (Fsp3) is 0.143. The van der Waals surface area contributed by atoms with Crippen molar-refractivity contribution < 1.29 is 39.9 Å². The van der Waals surface area contributed by atoms with Crippen LogP contribution in [0, 0.1) is 11.6 Å².